The van der Waals surface area contributed by atoms with Crippen LogP contribution in [0.1, 0.15) is 23.3 Å². The lowest BCUT2D eigenvalue weighted by Gasteiger charge is -2.20. The molecule has 0 saturated carbocycles. The number of nitrogens with zero attached hydrogens (tertiary/aromatic N) is 2. The van der Waals surface area contributed by atoms with Gasteiger partial charge in [0.1, 0.15) is 5.69 Å². The fourth-order valence-corrected chi connectivity index (χ4v) is 2.37. The average molecular weight is 273 g/mol. The van der Waals surface area contributed by atoms with Crippen LogP contribution in [-0.2, 0) is 11.8 Å². The summed E-state index contributed by atoms with van der Waals surface area (Å²) in [4.78, 5) is 12.1. The van der Waals surface area contributed by atoms with Crippen molar-refractivity contribution in [2.75, 3.05) is 13.2 Å². The van der Waals surface area contributed by atoms with E-state index in [1.807, 2.05) is 0 Å². The van der Waals surface area contributed by atoms with Crippen LogP contribution in [0.2, 0.25) is 0 Å². The smallest absolute Gasteiger partial charge is 0.187 e. The first-order valence-electron chi connectivity index (χ1n) is 4.99. The molecule has 0 aromatic carbocycles. The molecule has 2 heterocycles. The SMILES string of the molecule is Cn1ncc(Br)c1C(=O)C1CCCOC1. The molecular weight excluding hydrogens is 260 g/mol. The fraction of sp³-hybridized carbons (Fsp3) is 0.600. The predicted octanol–water partition coefficient (Wildman–Crippen LogP) is 1.79. The minimum atomic E-state index is -0.00884. The van der Waals surface area contributed by atoms with Crippen molar-refractivity contribution in [1.29, 1.82) is 0 Å². The zero-order valence-corrected chi connectivity index (χ0v) is 10.2. The first-order chi connectivity index (χ1) is 7.20. The number of hydrogen-bond donors (Lipinski definition) is 0. The maximum atomic E-state index is 12.1. The monoisotopic (exact) mass is 272 g/mol. The summed E-state index contributed by atoms with van der Waals surface area (Å²) in [6.07, 6.45) is 3.53. The number of carbonyl (C=O) groups excluding carboxylic acids is 1. The first kappa shape index (κ1) is 10.8. The largest absolute Gasteiger partial charge is 0.381 e. The van der Waals surface area contributed by atoms with Gasteiger partial charge in [-0.15, -0.1) is 0 Å². The summed E-state index contributed by atoms with van der Waals surface area (Å²) < 4.78 is 7.69. The van der Waals surface area contributed by atoms with Crippen molar-refractivity contribution in [3.05, 3.63) is 16.4 Å². The zero-order chi connectivity index (χ0) is 10.8. The lowest BCUT2D eigenvalue weighted by atomic mass is 9.95. The molecule has 1 unspecified atom stereocenters. The molecule has 1 atom stereocenters. The van der Waals surface area contributed by atoms with Gasteiger partial charge < -0.3 is 4.74 Å². The molecule has 4 nitrogen and oxygen atoms in total. The Morgan fingerprint density at radius 1 is 1.73 bits per heavy atom. The van der Waals surface area contributed by atoms with Crippen LogP contribution in [0, 0.1) is 5.92 Å². The molecule has 2 rings (SSSR count). The number of halogens is 1. The molecule has 15 heavy (non-hydrogen) atoms. The number of carbonyl (C=O) groups is 1. The van der Waals surface area contributed by atoms with Crippen molar-refractivity contribution >= 4 is 21.7 Å². The summed E-state index contributed by atoms with van der Waals surface area (Å²) in [6, 6.07) is 0. The summed E-state index contributed by atoms with van der Waals surface area (Å²) in [5, 5.41) is 4.04. The second kappa shape index (κ2) is 4.45. The van der Waals surface area contributed by atoms with Crippen molar-refractivity contribution in [3.8, 4) is 0 Å². The van der Waals surface area contributed by atoms with Gasteiger partial charge in [0, 0.05) is 19.6 Å². The minimum Gasteiger partial charge on any atom is -0.381 e. The number of Topliss-reactive ketones (excluding diaryl/α,β-unsaturated/α-hetero) is 1. The third-order valence-corrected chi connectivity index (χ3v) is 3.24. The molecule has 1 aliphatic rings. The summed E-state index contributed by atoms with van der Waals surface area (Å²) in [6.45, 7) is 1.31. The van der Waals surface area contributed by atoms with Crippen molar-refractivity contribution in [3.63, 3.8) is 0 Å². The molecule has 0 spiro atoms. The van der Waals surface area contributed by atoms with Crippen molar-refractivity contribution in [2.24, 2.45) is 13.0 Å². The van der Waals surface area contributed by atoms with Crippen LogP contribution < -0.4 is 0 Å². The van der Waals surface area contributed by atoms with Crippen molar-refractivity contribution in [2.45, 2.75) is 12.8 Å². The van der Waals surface area contributed by atoms with Crippen LogP contribution in [0.5, 0.6) is 0 Å². The highest BCUT2D eigenvalue weighted by Gasteiger charge is 2.26. The molecule has 0 radical (unpaired) electrons. The van der Waals surface area contributed by atoms with E-state index in [0.717, 1.165) is 23.9 Å². The molecule has 1 aromatic heterocycles. The molecule has 0 amide bonds. The highest BCUT2D eigenvalue weighted by molar-refractivity contribution is 9.10. The third-order valence-electron chi connectivity index (χ3n) is 2.66. The molecule has 82 valence electrons. The van der Waals surface area contributed by atoms with E-state index in [4.69, 9.17) is 4.74 Å². The summed E-state index contributed by atoms with van der Waals surface area (Å²) >= 11 is 3.34. The second-order valence-corrected chi connectivity index (χ2v) is 4.60. The Morgan fingerprint density at radius 3 is 3.07 bits per heavy atom. The molecular formula is C10H13BrN2O2. The molecule has 1 fully saturated rings. The molecule has 0 N–H and O–H groups in total. The number of ether oxygens (including phenoxy) is 1. The zero-order valence-electron chi connectivity index (χ0n) is 8.57. The summed E-state index contributed by atoms with van der Waals surface area (Å²) in [5.74, 6) is 0.118. The second-order valence-electron chi connectivity index (χ2n) is 3.74. The predicted molar refractivity (Wildman–Crippen MR) is 58.8 cm³/mol. The van der Waals surface area contributed by atoms with Gasteiger partial charge >= 0.3 is 0 Å². The third kappa shape index (κ3) is 2.13. The first-order valence-corrected chi connectivity index (χ1v) is 5.79. The van der Waals surface area contributed by atoms with E-state index >= 15 is 0 Å². The van der Waals surface area contributed by atoms with Gasteiger partial charge in [-0.2, -0.15) is 5.10 Å². The lowest BCUT2D eigenvalue weighted by Crippen LogP contribution is -2.27. The number of hydrogen-bond acceptors (Lipinski definition) is 3. The minimum absolute atomic E-state index is 0.00884. The highest BCUT2D eigenvalue weighted by atomic mass is 79.9. The van der Waals surface area contributed by atoms with Gasteiger partial charge in [0.05, 0.1) is 17.3 Å². The van der Waals surface area contributed by atoms with E-state index in [-0.39, 0.29) is 11.7 Å². The lowest BCUT2D eigenvalue weighted by molar-refractivity contribution is 0.0454. The van der Waals surface area contributed by atoms with Gasteiger partial charge in [0.15, 0.2) is 5.78 Å². The molecule has 1 aliphatic heterocycles. The number of aromatic nitrogens is 2. The molecule has 1 saturated heterocycles. The van der Waals surface area contributed by atoms with Crippen LogP contribution in [0.25, 0.3) is 0 Å². The Labute approximate surface area is 96.7 Å². The van der Waals surface area contributed by atoms with Gasteiger partial charge in [-0.3, -0.25) is 9.48 Å². The van der Waals surface area contributed by atoms with E-state index in [1.54, 1.807) is 17.9 Å². The maximum absolute atomic E-state index is 12.1. The Kier molecular flexibility index (Phi) is 3.21. The van der Waals surface area contributed by atoms with Crippen molar-refractivity contribution in [1.82, 2.24) is 9.78 Å². The molecule has 1 aromatic rings. The standard InChI is InChI=1S/C10H13BrN2O2/c1-13-9(8(11)5-12-13)10(14)7-3-2-4-15-6-7/h5,7H,2-4,6H2,1H3. The van der Waals surface area contributed by atoms with Crippen LogP contribution in [0.15, 0.2) is 10.7 Å². The Balaban J connectivity index is 2.19. The fourth-order valence-electron chi connectivity index (χ4n) is 1.83. The normalized spacial score (nSPS) is 21.6. The van der Waals surface area contributed by atoms with Gasteiger partial charge in [-0.1, -0.05) is 0 Å². The number of aryl methyl sites for hydroxylation is 1. The van der Waals surface area contributed by atoms with Crippen LogP contribution >= 0.6 is 15.9 Å². The van der Waals surface area contributed by atoms with E-state index < -0.39 is 0 Å². The number of rotatable bonds is 2. The topological polar surface area (TPSA) is 44.1 Å². The Morgan fingerprint density at radius 2 is 2.53 bits per heavy atom. The molecule has 5 heteroatoms. The van der Waals surface area contributed by atoms with E-state index in [9.17, 15) is 4.79 Å². The van der Waals surface area contributed by atoms with Gasteiger partial charge in [0.2, 0.25) is 0 Å². The van der Waals surface area contributed by atoms with E-state index in [0.29, 0.717) is 12.3 Å². The van der Waals surface area contributed by atoms with Gasteiger partial charge in [-0.05, 0) is 28.8 Å². The van der Waals surface area contributed by atoms with Crippen LogP contribution in [-0.4, -0.2) is 28.8 Å². The van der Waals surface area contributed by atoms with E-state index in [2.05, 4.69) is 21.0 Å². The van der Waals surface area contributed by atoms with Crippen molar-refractivity contribution < 1.29 is 9.53 Å². The Bertz CT molecular complexity index is 350. The van der Waals surface area contributed by atoms with Gasteiger partial charge in [0.25, 0.3) is 0 Å². The highest BCUT2D eigenvalue weighted by Crippen LogP contribution is 2.23. The van der Waals surface area contributed by atoms with Crippen LogP contribution in [0.4, 0.5) is 0 Å². The molecule has 0 aliphatic carbocycles. The molecule has 0 bridgehead atoms. The Hall–Kier alpha value is -0.680. The average Bonchev–Trinajstić information content (AvgIpc) is 2.59. The summed E-state index contributed by atoms with van der Waals surface area (Å²) in [7, 11) is 1.78. The van der Waals surface area contributed by atoms with Gasteiger partial charge in [-0.25, -0.2) is 0 Å². The summed E-state index contributed by atoms with van der Waals surface area (Å²) in [5.41, 5.74) is 0.644. The maximum Gasteiger partial charge on any atom is 0.187 e. The quantitative estimate of drug-likeness (QED) is 0.772. The number of ketones is 1. The van der Waals surface area contributed by atoms with Crippen LogP contribution in [0.3, 0.4) is 0 Å². The van der Waals surface area contributed by atoms with E-state index in [1.165, 1.54) is 0 Å².